The van der Waals surface area contributed by atoms with Gasteiger partial charge in [0.1, 0.15) is 5.82 Å². The van der Waals surface area contributed by atoms with Crippen molar-refractivity contribution >= 4 is 17.4 Å². The molecule has 1 fully saturated rings. The van der Waals surface area contributed by atoms with Gasteiger partial charge in [-0.05, 0) is 48.1 Å². The van der Waals surface area contributed by atoms with E-state index in [1.807, 2.05) is 30.3 Å². The highest BCUT2D eigenvalue weighted by molar-refractivity contribution is 6.04. The molecule has 2 heterocycles. The number of aromatic nitrogens is 1. The lowest BCUT2D eigenvalue weighted by molar-refractivity contribution is 0.102. The van der Waals surface area contributed by atoms with Crippen LogP contribution < -0.4 is 10.6 Å². The number of nitrogens with zero attached hydrogens (tertiary/aromatic N) is 1. The zero-order valence-corrected chi connectivity index (χ0v) is 15.7. The van der Waals surface area contributed by atoms with Gasteiger partial charge in [0, 0.05) is 25.0 Å². The van der Waals surface area contributed by atoms with E-state index in [1.165, 1.54) is 5.56 Å². The molecule has 0 saturated carbocycles. The van der Waals surface area contributed by atoms with Crippen molar-refractivity contribution in [3.63, 3.8) is 0 Å². The van der Waals surface area contributed by atoms with Gasteiger partial charge >= 0.3 is 0 Å². The smallest absolute Gasteiger partial charge is 0.257 e. The summed E-state index contributed by atoms with van der Waals surface area (Å²) >= 11 is 0. The fraction of sp³-hybridized carbons (Fsp3) is 0.429. The van der Waals surface area contributed by atoms with Gasteiger partial charge < -0.3 is 15.4 Å². The van der Waals surface area contributed by atoms with Crippen LogP contribution in [0.1, 0.15) is 49.5 Å². The van der Waals surface area contributed by atoms with Crippen LogP contribution >= 0.6 is 0 Å². The third-order valence-corrected chi connectivity index (χ3v) is 4.57. The lowest BCUT2D eigenvalue weighted by Crippen LogP contribution is -2.19. The molecule has 0 bridgehead atoms. The highest BCUT2D eigenvalue weighted by Crippen LogP contribution is 2.23. The van der Waals surface area contributed by atoms with E-state index in [2.05, 4.69) is 36.4 Å². The summed E-state index contributed by atoms with van der Waals surface area (Å²) in [7, 11) is 0. The number of benzene rings is 1. The fourth-order valence-electron chi connectivity index (χ4n) is 2.91. The van der Waals surface area contributed by atoms with Crippen molar-refractivity contribution in [2.24, 2.45) is 0 Å². The molecule has 2 N–H and O–H groups in total. The quantitative estimate of drug-likeness (QED) is 0.845. The topological polar surface area (TPSA) is 63.2 Å². The van der Waals surface area contributed by atoms with Crippen LogP contribution in [0.3, 0.4) is 0 Å². The van der Waals surface area contributed by atoms with Gasteiger partial charge in [-0.3, -0.25) is 4.79 Å². The Morgan fingerprint density at radius 3 is 2.54 bits per heavy atom. The molecule has 5 nitrogen and oxygen atoms in total. The van der Waals surface area contributed by atoms with Crippen LogP contribution in [-0.4, -0.2) is 30.1 Å². The summed E-state index contributed by atoms with van der Waals surface area (Å²) in [5, 5.41) is 6.17. The average molecular weight is 353 g/mol. The molecule has 138 valence electrons. The molecule has 1 saturated heterocycles. The fourth-order valence-corrected chi connectivity index (χ4v) is 2.91. The Balaban J connectivity index is 1.55. The molecule has 26 heavy (non-hydrogen) atoms. The van der Waals surface area contributed by atoms with Crippen LogP contribution in [0.15, 0.2) is 42.6 Å². The van der Waals surface area contributed by atoms with Crippen LogP contribution in [-0.2, 0) is 10.2 Å². The highest BCUT2D eigenvalue weighted by Gasteiger charge is 2.15. The second kappa shape index (κ2) is 7.87. The maximum absolute atomic E-state index is 12.4. The molecule has 1 amide bonds. The summed E-state index contributed by atoms with van der Waals surface area (Å²) in [5.41, 5.74) is 2.65. The largest absolute Gasteiger partial charge is 0.376 e. The highest BCUT2D eigenvalue weighted by atomic mass is 16.5. The molecule has 0 spiro atoms. The summed E-state index contributed by atoms with van der Waals surface area (Å²) in [5.74, 6) is 0.596. The summed E-state index contributed by atoms with van der Waals surface area (Å²) in [4.78, 5) is 16.7. The van der Waals surface area contributed by atoms with Gasteiger partial charge in [-0.15, -0.1) is 0 Å². The minimum absolute atomic E-state index is 0.0961. The Morgan fingerprint density at radius 2 is 1.96 bits per heavy atom. The molecule has 1 aromatic heterocycles. The maximum atomic E-state index is 12.4. The van der Waals surface area contributed by atoms with Crippen LogP contribution in [0.5, 0.6) is 0 Å². The number of pyridine rings is 1. The van der Waals surface area contributed by atoms with Crippen molar-refractivity contribution in [3.05, 3.63) is 53.7 Å². The van der Waals surface area contributed by atoms with Crippen molar-refractivity contribution in [3.8, 4) is 0 Å². The van der Waals surface area contributed by atoms with Crippen molar-refractivity contribution in [1.29, 1.82) is 0 Å². The minimum atomic E-state index is -0.160. The molecule has 0 aliphatic carbocycles. The second-order valence-electron chi connectivity index (χ2n) is 7.73. The molecule has 1 aliphatic heterocycles. The molecule has 1 aromatic carbocycles. The summed E-state index contributed by atoms with van der Waals surface area (Å²) < 4.78 is 5.58. The van der Waals surface area contributed by atoms with Gasteiger partial charge in [0.2, 0.25) is 0 Å². The standard InChI is InChI=1S/C21H27N3O2/c1-21(2,3)16-7-9-17(10-8-16)24-20(25)15-6-11-19(22-13-15)23-14-18-5-4-12-26-18/h6-11,13,18H,4-5,12,14H2,1-3H3,(H,22,23)(H,24,25). The van der Waals surface area contributed by atoms with E-state index in [1.54, 1.807) is 12.3 Å². The lowest BCUT2D eigenvalue weighted by Gasteiger charge is -2.19. The maximum Gasteiger partial charge on any atom is 0.257 e. The number of carbonyl (C=O) groups is 1. The number of amides is 1. The number of ether oxygens (including phenoxy) is 1. The third kappa shape index (κ3) is 4.82. The van der Waals surface area contributed by atoms with Gasteiger partial charge in [0.05, 0.1) is 11.7 Å². The number of rotatable bonds is 5. The van der Waals surface area contributed by atoms with E-state index in [0.29, 0.717) is 5.56 Å². The van der Waals surface area contributed by atoms with Crippen LogP contribution in [0, 0.1) is 0 Å². The Morgan fingerprint density at radius 1 is 1.19 bits per heavy atom. The lowest BCUT2D eigenvalue weighted by atomic mass is 9.87. The predicted octanol–water partition coefficient (Wildman–Crippen LogP) is 4.22. The third-order valence-electron chi connectivity index (χ3n) is 4.57. The first-order chi connectivity index (χ1) is 12.4. The normalized spacial score (nSPS) is 17.1. The first kappa shape index (κ1) is 18.4. The zero-order valence-electron chi connectivity index (χ0n) is 15.7. The van der Waals surface area contributed by atoms with Gasteiger partial charge in [0.25, 0.3) is 5.91 Å². The van der Waals surface area contributed by atoms with Crippen molar-refractivity contribution < 1.29 is 9.53 Å². The zero-order chi connectivity index (χ0) is 18.6. The molecular formula is C21H27N3O2. The minimum Gasteiger partial charge on any atom is -0.376 e. The molecule has 0 radical (unpaired) electrons. The molecule has 3 rings (SSSR count). The van der Waals surface area contributed by atoms with Crippen LogP contribution in [0.25, 0.3) is 0 Å². The Labute approximate surface area is 155 Å². The first-order valence-electron chi connectivity index (χ1n) is 9.15. The van der Waals surface area contributed by atoms with Gasteiger partial charge in [-0.2, -0.15) is 0 Å². The Hall–Kier alpha value is -2.40. The Kier molecular flexibility index (Phi) is 5.57. The summed E-state index contributed by atoms with van der Waals surface area (Å²) in [6.45, 7) is 8.09. The van der Waals surface area contributed by atoms with E-state index in [4.69, 9.17) is 4.74 Å². The average Bonchev–Trinajstić information content (AvgIpc) is 3.13. The Bertz CT molecular complexity index is 727. The van der Waals surface area contributed by atoms with E-state index >= 15 is 0 Å². The number of hydrogen-bond acceptors (Lipinski definition) is 4. The second-order valence-corrected chi connectivity index (χ2v) is 7.73. The molecule has 1 atom stereocenters. The number of nitrogens with one attached hydrogen (secondary N) is 2. The molecule has 5 heteroatoms. The summed E-state index contributed by atoms with van der Waals surface area (Å²) in [6, 6.07) is 11.6. The van der Waals surface area contributed by atoms with Gasteiger partial charge in [-0.25, -0.2) is 4.98 Å². The molecule has 2 aromatic rings. The van der Waals surface area contributed by atoms with Crippen molar-refractivity contribution in [1.82, 2.24) is 4.98 Å². The van der Waals surface area contributed by atoms with E-state index in [-0.39, 0.29) is 17.4 Å². The van der Waals surface area contributed by atoms with Crippen LogP contribution in [0.2, 0.25) is 0 Å². The monoisotopic (exact) mass is 353 g/mol. The van der Waals surface area contributed by atoms with Gasteiger partial charge in [-0.1, -0.05) is 32.9 Å². The number of hydrogen-bond donors (Lipinski definition) is 2. The van der Waals surface area contributed by atoms with E-state index in [0.717, 1.165) is 37.5 Å². The van der Waals surface area contributed by atoms with Crippen molar-refractivity contribution in [2.45, 2.75) is 45.1 Å². The predicted molar refractivity (Wildman–Crippen MR) is 105 cm³/mol. The van der Waals surface area contributed by atoms with E-state index in [9.17, 15) is 4.79 Å². The van der Waals surface area contributed by atoms with Crippen molar-refractivity contribution in [2.75, 3.05) is 23.8 Å². The number of carbonyl (C=O) groups excluding carboxylic acids is 1. The SMILES string of the molecule is CC(C)(C)c1ccc(NC(=O)c2ccc(NCC3CCCO3)nc2)cc1. The molecular weight excluding hydrogens is 326 g/mol. The molecule has 1 aliphatic rings. The molecule has 1 unspecified atom stereocenters. The number of anilines is 2. The first-order valence-corrected chi connectivity index (χ1v) is 9.15. The van der Waals surface area contributed by atoms with Crippen LogP contribution in [0.4, 0.5) is 11.5 Å². The van der Waals surface area contributed by atoms with E-state index < -0.39 is 0 Å². The summed E-state index contributed by atoms with van der Waals surface area (Å²) in [6.07, 6.45) is 4.06. The van der Waals surface area contributed by atoms with Gasteiger partial charge in [0.15, 0.2) is 0 Å².